The zero-order valence-electron chi connectivity index (χ0n) is 25.5. The second-order valence-electron chi connectivity index (χ2n) is 11.7. The largest absolute Gasteiger partial charge is 0.464 e. The molecule has 1 heterocycles. The van der Waals surface area contributed by atoms with Gasteiger partial charge in [-0.1, -0.05) is 42.0 Å². The van der Waals surface area contributed by atoms with Crippen LogP contribution < -0.4 is 10.1 Å². The van der Waals surface area contributed by atoms with Gasteiger partial charge in [-0.2, -0.15) is 0 Å². The molecule has 2 aromatic carbocycles. The molecular weight excluding hydrogens is 538 g/mol. The Kier molecular flexibility index (Phi) is 11.5. The van der Waals surface area contributed by atoms with Crippen molar-refractivity contribution in [2.75, 3.05) is 26.7 Å². The average molecular weight is 582 g/mol. The molecule has 3 rings (SSSR count). The Morgan fingerprint density at radius 1 is 1.02 bits per heavy atom. The highest BCUT2D eigenvalue weighted by molar-refractivity contribution is 5.88. The lowest BCUT2D eigenvalue weighted by molar-refractivity contribution is -0.159. The molecule has 0 aliphatic carbocycles. The first-order valence-electron chi connectivity index (χ1n) is 14.3. The number of esters is 2. The second-order valence-corrected chi connectivity index (χ2v) is 11.7. The molecule has 228 valence electrons. The Morgan fingerprint density at radius 3 is 2.29 bits per heavy atom. The summed E-state index contributed by atoms with van der Waals surface area (Å²) in [6.07, 6.45) is 1.23. The molecule has 2 amide bonds. The molecule has 0 bridgehead atoms. The predicted octanol–water partition coefficient (Wildman–Crippen LogP) is 4.02. The third-order valence-corrected chi connectivity index (χ3v) is 6.79. The van der Waals surface area contributed by atoms with E-state index >= 15 is 0 Å². The number of benzene rings is 2. The third kappa shape index (κ3) is 10.5. The Balaban J connectivity index is 1.65. The van der Waals surface area contributed by atoms with Crippen molar-refractivity contribution in [3.05, 3.63) is 65.2 Å². The van der Waals surface area contributed by atoms with E-state index in [-0.39, 0.29) is 31.5 Å². The molecule has 10 heteroatoms. The van der Waals surface area contributed by atoms with Gasteiger partial charge in [-0.3, -0.25) is 14.5 Å². The summed E-state index contributed by atoms with van der Waals surface area (Å²) in [7, 11) is 1.54. The first-order chi connectivity index (χ1) is 19.8. The van der Waals surface area contributed by atoms with E-state index in [2.05, 4.69) is 34.5 Å². The van der Waals surface area contributed by atoms with E-state index in [0.717, 1.165) is 24.1 Å². The molecular formula is C32H43N3O7. The molecule has 0 unspecified atom stereocenters. The van der Waals surface area contributed by atoms with Crippen LogP contribution in [-0.2, 0) is 36.8 Å². The molecule has 1 N–H and O–H groups in total. The van der Waals surface area contributed by atoms with E-state index < -0.39 is 29.7 Å². The second kappa shape index (κ2) is 14.8. The van der Waals surface area contributed by atoms with E-state index in [9.17, 15) is 19.2 Å². The summed E-state index contributed by atoms with van der Waals surface area (Å²) in [4.78, 5) is 53.3. The summed E-state index contributed by atoms with van der Waals surface area (Å²) in [5.74, 6) is -0.809. The number of nitrogens with zero attached hydrogens (tertiary/aromatic N) is 2. The molecule has 2 atom stereocenters. The standard InChI is InChI=1S/C32H43N3O7/c1-22-9-11-25(12-10-22)21-35-17-7-8-28(35)29(37)33-27(30(38)42-32(3,4)5)20-24-13-15-26(16-14-24)41-31(39)34(6)18-19-40-23(2)36/h9-16,27-28H,7-8,17-21H2,1-6H3,(H,33,37)/t27-,28-/m0/s1. The van der Waals surface area contributed by atoms with Gasteiger partial charge in [-0.15, -0.1) is 0 Å². The monoisotopic (exact) mass is 581 g/mol. The van der Waals surface area contributed by atoms with Crippen LogP contribution in [0, 0.1) is 6.92 Å². The van der Waals surface area contributed by atoms with E-state index in [1.165, 1.54) is 17.4 Å². The fourth-order valence-electron chi connectivity index (χ4n) is 4.60. The van der Waals surface area contributed by atoms with Crippen LogP contribution in [0.15, 0.2) is 48.5 Å². The van der Waals surface area contributed by atoms with Crippen LogP contribution in [0.5, 0.6) is 5.75 Å². The maximum atomic E-state index is 13.5. The Morgan fingerprint density at radius 2 is 1.67 bits per heavy atom. The molecule has 10 nitrogen and oxygen atoms in total. The van der Waals surface area contributed by atoms with Gasteiger partial charge < -0.3 is 24.4 Å². The van der Waals surface area contributed by atoms with Gasteiger partial charge in [-0.25, -0.2) is 9.59 Å². The Hall–Kier alpha value is -3.92. The Bertz CT molecular complexity index is 1220. The molecule has 0 radical (unpaired) electrons. The van der Waals surface area contributed by atoms with Crippen molar-refractivity contribution in [2.24, 2.45) is 0 Å². The summed E-state index contributed by atoms with van der Waals surface area (Å²) in [5, 5.41) is 2.96. The zero-order chi connectivity index (χ0) is 30.9. The smallest absolute Gasteiger partial charge is 0.415 e. The van der Waals surface area contributed by atoms with Crippen molar-refractivity contribution < 1.29 is 33.4 Å². The van der Waals surface area contributed by atoms with Crippen LogP contribution in [0.4, 0.5) is 4.79 Å². The minimum atomic E-state index is -0.889. The van der Waals surface area contributed by atoms with Crippen molar-refractivity contribution in [1.82, 2.24) is 15.1 Å². The molecule has 2 aromatic rings. The maximum absolute atomic E-state index is 13.5. The van der Waals surface area contributed by atoms with Crippen LogP contribution in [0.1, 0.15) is 57.2 Å². The number of carbonyl (C=O) groups excluding carboxylic acids is 4. The minimum absolute atomic E-state index is 0.0716. The minimum Gasteiger partial charge on any atom is -0.464 e. The summed E-state index contributed by atoms with van der Waals surface area (Å²) in [5.41, 5.74) is 2.37. The third-order valence-electron chi connectivity index (χ3n) is 6.79. The van der Waals surface area contributed by atoms with Gasteiger partial charge in [0.1, 0.15) is 24.0 Å². The van der Waals surface area contributed by atoms with Crippen LogP contribution >= 0.6 is 0 Å². The number of rotatable bonds is 11. The van der Waals surface area contributed by atoms with Crippen LogP contribution in [0.25, 0.3) is 0 Å². The molecule has 1 aliphatic rings. The van der Waals surface area contributed by atoms with Crippen LogP contribution in [0.2, 0.25) is 0 Å². The Labute approximate surface area is 248 Å². The van der Waals surface area contributed by atoms with E-state index in [0.29, 0.717) is 18.7 Å². The fourth-order valence-corrected chi connectivity index (χ4v) is 4.60. The van der Waals surface area contributed by atoms with E-state index in [4.69, 9.17) is 14.2 Å². The van der Waals surface area contributed by atoms with Gasteiger partial charge in [0.05, 0.1) is 12.6 Å². The molecule has 42 heavy (non-hydrogen) atoms. The summed E-state index contributed by atoms with van der Waals surface area (Å²) in [6, 6.07) is 13.8. The molecule has 0 aromatic heterocycles. The fraction of sp³-hybridized carbons (Fsp3) is 0.500. The summed E-state index contributed by atoms with van der Waals surface area (Å²) >= 11 is 0. The predicted molar refractivity (Wildman–Crippen MR) is 158 cm³/mol. The van der Waals surface area contributed by atoms with Crippen molar-refractivity contribution in [3.8, 4) is 5.75 Å². The van der Waals surface area contributed by atoms with Crippen molar-refractivity contribution in [2.45, 2.75) is 78.1 Å². The van der Waals surface area contributed by atoms with Crippen LogP contribution in [-0.4, -0.2) is 78.2 Å². The van der Waals surface area contributed by atoms with Gasteiger partial charge in [0.15, 0.2) is 0 Å². The highest BCUT2D eigenvalue weighted by Crippen LogP contribution is 2.22. The van der Waals surface area contributed by atoms with Gasteiger partial charge in [0.2, 0.25) is 5.91 Å². The lowest BCUT2D eigenvalue weighted by atomic mass is 10.0. The number of hydrogen-bond donors (Lipinski definition) is 1. The number of likely N-dealkylation sites (tertiary alicyclic amines) is 1. The van der Waals surface area contributed by atoms with Gasteiger partial charge in [0.25, 0.3) is 0 Å². The molecule has 1 aliphatic heterocycles. The first kappa shape index (κ1) is 32.6. The zero-order valence-corrected chi connectivity index (χ0v) is 25.5. The van der Waals surface area contributed by atoms with Gasteiger partial charge in [-0.05, 0) is 70.3 Å². The number of amides is 2. The summed E-state index contributed by atoms with van der Waals surface area (Å²) < 4.78 is 15.9. The normalized spacial score (nSPS) is 15.9. The quantitative estimate of drug-likeness (QED) is 0.396. The number of nitrogens with one attached hydrogen (secondary N) is 1. The molecule has 1 saturated heterocycles. The van der Waals surface area contributed by atoms with Crippen LogP contribution in [0.3, 0.4) is 0 Å². The maximum Gasteiger partial charge on any atom is 0.415 e. The summed E-state index contributed by atoms with van der Waals surface area (Å²) in [6.45, 7) is 10.4. The number of hydrogen-bond acceptors (Lipinski definition) is 8. The van der Waals surface area contributed by atoms with E-state index in [1.54, 1.807) is 52.1 Å². The highest BCUT2D eigenvalue weighted by Gasteiger charge is 2.34. The SMILES string of the molecule is CC(=O)OCCN(C)C(=O)Oc1ccc(C[C@H](NC(=O)[C@@H]2CCCN2Cc2ccc(C)cc2)C(=O)OC(C)(C)C)cc1. The lowest BCUT2D eigenvalue weighted by Gasteiger charge is -2.28. The number of likely N-dealkylation sites (N-methyl/N-ethyl adjacent to an activating group) is 1. The van der Waals surface area contributed by atoms with Crippen molar-refractivity contribution in [3.63, 3.8) is 0 Å². The molecule has 0 saturated carbocycles. The van der Waals surface area contributed by atoms with Gasteiger partial charge >= 0.3 is 18.0 Å². The number of carbonyl (C=O) groups is 4. The number of aryl methyl sites for hydroxylation is 1. The topological polar surface area (TPSA) is 114 Å². The van der Waals surface area contributed by atoms with Crippen molar-refractivity contribution in [1.29, 1.82) is 0 Å². The van der Waals surface area contributed by atoms with Crippen molar-refractivity contribution >= 4 is 23.9 Å². The molecule has 1 fully saturated rings. The number of ether oxygens (including phenoxy) is 3. The first-order valence-corrected chi connectivity index (χ1v) is 14.3. The molecule has 0 spiro atoms. The average Bonchev–Trinajstić information content (AvgIpc) is 3.37. The van der Waals surface area contributed by atoms with Gasteiger partial charge in [0, 0.05) is 26.9 Å². The van der Waals surface area contributed by atoms with E-state index in [1.807, 2.05) is 6.92 Å². The highest BCUT2D eigenvalue weighted by atomic mass is 16.6. The lowest BCUT2D eigenvalue weighted by Crippen LogP contribution is -2.51.